The number of hydrogen-bond donors (Lipinski definition) is 0. The fraction of sp³-hybridized carbons (Fsp3) is 0.0385. The number of carbonyl (C=O) groups is 3. The quantitative estimate of drug-likeness (QED) is 0.212. The van der Waals surface area contributed by atoms with Crippen LogP contribution in [0.25, 0.3) is 16.8 Å². The standard InChI is InChI=1S/C26H17NO5S/c28-24-23(15-17-5-3-8-21(14-17)32-25(29)22-9-4-12-31-22)33-26(30)27(24)16-18-10-11-19-6-1-2-7-20(19)13-18/h1-15H,16H2/b23-15-. The van der Waals surface area contributed by atoms with Crippen molar-refractivity contribution in [1.29, 1.82) is 0 Å². The second-order valence-electron chi connectivity index (χ2n) is 7.39. The highest BCUT2D eigenvalue weighted by atomic mass is 32.2. The molecule has 0 N–H and O–H groups in total. The summed E-state index contributed by atoms with van der Waals surface area (Å²) < 4.78 is 10.4. The van der Waals surface area contributed by atoms with Crippen LogP contribution < -0.4 is 4.74 Å². The lowest BCUT2D eigenvalue weighted by Gasteiger charge is -2.13. The third kappa shape index (κ3) is 4.44. The smallest absolute Gasteiger partial charge is 0.379 e. The summed E-state index contributed by atoms with van der Waals surface area (Å²) in [6, 6.07) is 23.7. The van der Waals surface area contributed by atoms with Gasteiger partial charge >= 0.3 is 5.97 Å². The predicted molar refractivity (Wildman–Crippen MR) is 126 cm³/mol. The molecule has 2 amide bonds. The van der Waals surface area contributed by atoms with Crippen LogP contribution in [0.15, 0.2) is 94.4 Å². The van der Waals surface area contributed by atoms with Crippen LogP contribution in [0.1, 0.15) is 21.7 Å². The molecule has 0 unspecified atom stereocenters. The molecule has 1 aliphatic heterocycles. The summed E-state index contributed by atoms with van der Waals surface area (Å²) in [7, 11) is 0. The molecule has 1 saturated heterocycles. The summed E-state index contributed by atoms with van der Waals surface area (Å²) in [5.74, 6) is -0.570. The lowest BCUT2D eigenvalue weighted by atomic mass is 10.1. The SMILES string of the molecule is O=C(Oc1cccc(/C=C2\SC(=O)N(Cc3ccc4ccccc4c3)C2=O)c1)c1ccco1. The Hall–Kier alpha value is -4.10. The van der Waals surface area contributed by atoms with Crippen LogP contribution in [0, 0.1) is 0 Å². The van der Waals surface area contributed by atoms with E-state index >= 15 is 0 Å². The first-order valence-electron chi connectivity index (χ1n) is 10.2. The number of rotatable bonds is 5. The van der Waals surface area contributed by atoms with Crippen LogP contribution in [0.5, 0.6) is 5.75 Å². The van der Waals surface area contributed by atoms with Crippen molar-refractivity contribution in [2.45, 2.75) is 6.54 Å². The van der Waals surface area contributed by atoms with E-state index in [1.54, 1.807) is 36.4 Å². The lowest BCUT2D eigenvalue weighted by molar-refractivity contribution is -0.123. The van der Waals surface area contributed by atoms with Crippen molar-refractivity contribution >= 4 is 45.7 Å². The van der Waals surface area contributed by atoms with Gasteiger partial charge in [0.15, 0.2) is 0 Å². The van der Waals surface area contributed by atoms with Crippen molar-refractivity contribution in [2.24, 2.45) is 0 Å². The van der Waals surface area contributed by atoms with Crippen molar-refractivity contribution < 1.29 is 23.5 Å². The molecule has 0 spiro atoms. The summed E-state index contributed by atoms with van der Waals surface area (Å²) >= 11 is 0.893. The first-order chi connectivity index (χ1) is 16.1. The highest BCUT2D eigenvalue weighted by molar-refractivity contribution is 8.18. The Kier molecular flexibility index (Phi) is 5.54. The number of esters is 1. The Balaban J connectivity index is 1.32. The number of fused-ring (bicyclic) bond motifs is 1. The molecule has 1 aromatic heterocycles. The molecular formula is C26H17NO5S. The van der Waals surface area contributed by atoms with Crippen LogP contribution in [0.4, 0.5) is 4.79 Å². The van der Waals surface area contributed by atoms with E-state index < -0.39 is 5.97 Å². The van der Waals surface area contributed by atoms with Crippen LogP contribution in [0.3, 0.4) is 0 Å². The topological polar surface area (TPSA) is 76.8 Å². The number of hydrogen-bond acceptors (Lipinski definition) is 6. The van der Waals surface area contributed by atoms with Gasteiger partial charge in [-0.05, 0) is 70.1 Å². The molecule has 0 bridgehead atoms. The van der Waals surface area contributed by atoms with E-state index in [1.165, 1.54) is 17.2 Å². The average molecular weight is 455 g/mol. The van der Waals surface area contributed by atoms with Crippen LogP contribution >= 0.6 is 11.8 Å². The van der Waals surface area contributed by atoms with Crippen LogP contribution in [-0.2, 0) is 11.3 Å². The van der Waals surface area contributed by atoms with E-state index in [-0.39, 0.29) is 23.5 Å². The zero-order valence-corrected chi connectivity index (χ0v) is 18.1. The molecule has 2 heterocycles. The number of ether oxygens (including phenoxy) is 1. The van der Waals surface area contributed by atoms with Crippen molar-refractivity contribution in [3.05, 3.63) is 107 Å². The van der Waals surface area contributed by atoms with Crippen molar-refractivity contribution in [3.63, 3.8) is 0 Å². The first kappa shape index (κ1) is 20.8. The molecule has 0 atom stereocenters. The molecule has 0 saturated carbocycles. The molecule has 5 rings (SSSR count). The summed E-state index contributed by atoms with van der Waals surface area (Å²) in [5.41, 5.74) is 1.51. The van der Waals surface area contributed by atoms with Gasteiger partial charge in [0, 0.05) is 0 Å². The fourth-order valence-corrected chi connectivity index (χ4v) is 4.37. The molecule has 0 aliphatic carbocycles. The maximum Gasteiger partial charge on any atom is 0.379 e. The molecule has 1 aliphatic rings. The molecule has 1 fully saturated rings. The van der Waals surface area contributed by atoms with Gasteiger partial charge in [-0.3, -0.25) is 14.5 Å². The van der Waals surface area contributed by atoms with E-state index in [0.29, 0.717) is 16.2 Å². The maximum atomic E-state index is 12.9. The largest absolute Gasteiger partial charge is 0.457 e. The monoisotopic (exact) mass is 455 g/mol. The molecule has 3 aromatic carbocycles. The number of nitrogens with zero attached hydrogens (tertiary/aromatic N) is 1. The molecular weight excluding hydrogens is 438 g/mol. The zero-order valence-electron chi connectivity index (χ0n) is 17.3. The lowest BCUT2D eigenvalue weighted by Crippen LogP contribution is -2.27. The Morgan fingerprint density at radius 2 is 1.79 bits per heavy atom. The van der Waals surface area contributed by atoms with Gasteiger partial charge in [-0.2, -0.15) is 0 Å². The summed E-state index contributed by atoms with van der Waals surface area (Å²) in [6.07, 6.45) is 3.01. The number of furan rings is 1. The minimum Gasteiger partial charge on any atom is -0.457 e. The Labute approximate surface area is 193 Å². The average Bonchev–Trinajstić information content (AvgIpc) is 3.45. The van der Waals surface area contributed by atoms with Gasteiger partial charge in [-0.1, -0.05) is 48.5 Å². The molecule has 6 nitrogen and oxygen atoms in total. The Bertz CT molecular complexity index is 1410. The minimum atomic E-state index is -0.618. The van der Waals surface area contributed by atoms with Gasteiger partial charge in [0.1, 0.15) is 5.75 Å². The van der Waals surface area contributed by atoms with E-state index in [1.807, 2.05) is 42.5 Å². The van der Waals surface area contributed by atoms with E-state index in [2.05, 4.69) is 0 Å². The third-order valence-electron chi connectivity index (χ3n) is 5.12. The van der Waals surface area contributed by atoms with Crippen LogP contribution in [0.2, 0.25) is 0 Å². The highest BCUT2D eigenvalue weighted by Crippen LogP contribution is 2.34. The second kappa shape index (κ2) is 8.80. The third-order valence-corrected chi connectivity index (χ3v) is 6.02. The predicted octanol–water partition coefficient (Wildman–Crippen LogP) is 5.89. The molecule has 4 aromatic rings. The Morgan fingerprint density at radius 3 is 2.61 bits per heavy atom. The van der Waals surface area contributed by atoms with Crippen molar-refractivity contribution in [3.8, 4) is 5.75 Å². The molecule has 162 valence electrons. The van der Waals surface area contributed by atoms with Gasteiger partial charge in [-0.15, -0.1) is 0 Å². The van der Waals surface area contributed by atoms with Crippen molar-refractivity contribution in [2.75, 3.05) is 0 Å². The Morgan fingerprint density at radius 1 is 0.939 bits per heavy atom. The van der Waals surface area contributed by atoms with Gasteiger partial charge in [0.05, 0.1) is 17.7 Å². The minimum absolute atomic E-state index is 0.0928. The maximum absolute atomic E-state index is 12.9. The first-order valence-corrected chi connectivity index (χ1v) is 11.0. The molecule has 0 radical (unpaired) electrons. The van der Waals surface area contributed by atoms with E-state index in [0.717, 1.165) is 28.1 Å². The van der Waals surface area contributed by atoms with E-state index in [4.69, 9.17) is 9.15 Å². The van der Waals surface area contributed by atoms with Gasteiger partial charge in [0.25, 0.3) is 11.1 Å². The van der Waals surface area contributed by atoms with E-state index in [9.17, 15) is 14.4 Å². The highest BCUT2D eigenvalue weighted by Gasteiger charge is 2.35. The number of carbonyl (C=O) groups excluding carboxylic acids is 3. The number of amides is 2. The number of imide groups is 1. The summed E-state index contributed by atoms with van der Waals surface area (Å²) in [6.45, 7) is 0.202. The normalized spacial score (nSPS) is 14.9. The molecule has 33 heavy (non-hydrogen) atoms. The van der Waals surface area contributed by atoms with Gasteiger partial charge in [0.2, 0.25) is 5.76 Å². The summed E-state index contributed by atoms with van der Waals surface area (Å²) in [5, 5.41) is 1.83. The second-order valence-corrected chi connectivity index (χ2v) is 8.38. The van der Waals surface area contributed by atoms with Crippen molar-refractivity contribution in [1.82, 2.24) is 4.90 Å². The van der Waals surface area contributed by atoms with Crippen LogP contribution in [-0.4, -0.2) is 22.0 Å². The van der Waals surface area contributed by atoms with Gasteiger partial charge in [-0.25, -0.2) is 4.79 Å². The number of benzene rings is 3. The molecule has 7 heteroatoms. The zero-order chi connectivity index (χ0) is 22.8. The van der Waals surface area contributed by atoms with Gasteiger partial charge < -0.3 is 9.15 Å². The summed E-state index contributed by atoms with van der Waals surface area (Å²) in [4.78, 5) is 39.1. The number of thioether (sulfide) groups is 1. The fourth-order valence-electron chi connectivity index (χ4n) is 3.53.